The Bertz CT molecular complexity index is 478. The third kappa shape index (κ3) is 4.19. The highest BCUT2D eigenvalue weighted by molar-refractivity contribution is 7.15. The van der Waals surface area contributed by atoms with Crippen molar-refractivity contribution < 1.29 is 14.7 Å². The van der Waals surface area contributed by atoms with Crippen LogP contribution in [-0.4, -0.2) is 28.1 Å². The third-order valence-electron chi connectivity index (χ3n) is 3.23. The molecule has 0 spiro atoms. The van der Waals surface area contributed by atoms with Gasteiger partial charge in [-0.3, -0.25) is 10.1 Å². The van der Waals surface area contributed by atoms with E-state index < -0.39 is 5.97 Å². The second-order valence-corrected chi connectivity index (χ2v) is 6.11. The van der Waals surface area contributed by atoms with E-state index in [-0.39, 0.29) is 18.5 Å². The fourth-order valence-electron chi connectivity index (χ4n) is 2.17. The van der Waals surface area contributed by atoms with E-state index in [9.17, 15) is 9.59 Å². The number of aryl methyl sites for hydroxylation is 2. The number of thiazole rings is 1. The van der Waals surface area contributed by atoms with E-state index in [1.165, 1.54) is 22.6 Å². The molecule has 0 aliphatic heterocycles. The number of aromatic nitrogens is 1. The van der Waals surface area contributed by atoms with E-state index in [1.54, 1.807) is 6.92 Å². The summed E-state index contributed by atoms with van der Waals surface area (Å²) in [5.74, 6) is -0.855. The molecule has 1 aliphatic carbocycles. The number of fused-ring (bicyclic) bond motifs is 1. The fraction of sp³-hybridized carbons (Fsp3) is 0.615. The molecule has 1 aromatic heterocycles. The zero-order chi connectivity index (χ0) is 14.5. The first-order valence-electron chi connectivity index (χ1n) is 6.82. The molecule has 3 N–H and O–H groups in total. The number of aliphatic carboxylic acids is 1. The average Bonchev–Trinajstić information content (AvgIpc) is 2.78. The van der Waals surface area contributed by atoms with Crippen LogP contribution in [0, 0.1) is 0 Å². The van der Waals surface area contributed by atoms with Crippen LogP contribution >= 0.6 is 11.3 Å². The summed E-state index contributed by atoms with van der Waals surface area (Å²) < 4.78 is 0. The standard InChI is InChI=1S/C13H19N3O3S/c1-8(6-7-11(17)18)14-12(19)16-13-15-9-4-2-3-5-10(9)20-13/h8H,2-7H2,1H3,(H,17,18)(H2,14,15,16,19). The lowest BCUT2D eigenvalue weighted by Crippen LogP contribution is -2.36. The Balaban J connectivity index is 1.82. The molecule has 1 unspecified atom stereocenters. The van der Waals surface area contributed by atoms with Gasteiger partial charge in [0.15, 0.2) is 5.13 Å². The summed E-state index contributed by atoms with van der Waals surface area (Å²) in [6.45, 7) is 1.79. The van der Waals surface area contributed by atoms with Gasteiger partial charge < -0.3 is 10.4 Å². The van der Waals surface area contributed by atoms with Gasteiger partial charge in [-0.25, -0.2) is 9.78 Å². The van der Waals surface area contributed by atoms with Crippen LogP contribution in [0.5, 0.6) is 0 Å². The molecular weight excluding hydrogens is 278 g/mol. The maximum atomic E-state index is 11.8. The Labute approximate surface area is 121 Å². The molecule has 1 atom stereocenters. The lowest BCUT2D eigenvalue weighted by Gasteiger charge is -2.12. The summed E-state index contributed by atoms with van der Waals surface area (Å²) in [5.41, 5.74) is 1.11. The van der Waals surface area contributed by atoms with Crippen LogP contribution in [0.25, 0.3) is 0 Å². The first kappa shape index (κ1) is 14.8. The fourth-order valence-corrected chi connectivity index (χ4v) is 3.22. The van der Waals surface area contributed by atoms with Crippen molar-refractivity contribution in [2.24, 2.45) is 0 Å². The number of hydrogen-bond acceptors (Lipinski definition) is 4. The number of carboxylic acid groups (broad SMARTS) is 1. The molecule has 0 aromatic carbocycles. The van der Waals surface area contributed by atoms with Crippen molar-refractivity contribution in [3.05, 3.63) is 10.6 Å². The first-order valence-corrected chi connectivity index (χ1v) is 7.64. The van der Waals surface area contributed by atoms with E-state index in [4.69, 9.17) is 5.11 Å². The molecule has 0 saturated heterocycles. The van der Waals surface area contributed by atoms with Crippen LogP contribution in [0.2, 0.25) is 0 Å². The smallest absolute Gasteiger partial charge is 0.321 e. The van der Waals surface area contributed by atoms with Gasteiger partial charge in [-0.15, -0.1) is 11.3 Å². The molecule has 7 heteroatoms. The molecule has 110 valence electrons. The van der Waals surface area contributed by atoms with Crippen LogP contribution in [0.3, 0.4) is 0 Å². The molecular formula is C13H19N3O3S. The summed E-state index contributed by atoms with van der Waals surface area (Å²) in [6.07, 6.45) is 4.85. The van der Waals surface area contributed by atoms with Gasteiger partial charge in [-0.2, -0.15) is 0 Å². The number of nitrogens with one attached hydrogen (secondary N) is 2. The van der Waals surface area contributed by atoms with Gasteiger partial charge in [-0.05, 0) is 39.0 Å². The molecule has 0 saturated carbocycles. The second-order valence-electron chi connectivity index (χ2n) is 5.03. The van der Waals surface area contributed by atoms with E-state index in [0.717, 1.165) is 25.0 Å². The summed E-state index contributed by atoms with van der Waals surface area (Å²) in [5, 5.41) is 14.7. The number of carbonyl (C=O) groups is 2. The van der Waals surface area contributed by atoms with Crippen LogP contribution in [0.1, 0.15) is 43.2 Å². The minimum Gasteiger partial charge on any atom is -0.481 e. The molecule has 20 heavy (non-hydrogen) atoms. The zero-order valence-electron chi connectivity index (χ0n) is 11.4. The third-order valence-corrected chi connectivity index (χ3v) is 4.31. The minimum absolute atomic E-state index is 0.0486. The number of carbonyl (C=O) groups excluding carboxylic acids is 1. The predicted molar refractivity (Wildman–Crippen MR) is 77.2 cm³/mol. The lowest BCUT2D eigenvalue weighted by molar-refractivity contribution is -0.137. The topological polar surface area (TPSA) is 91.3 Å². The molecule has 2 amide bonds. The first-order chi connectivity index (χ1) is 9.54. The Morgan fingerprint density at radius 3 is 2.85 bits per heavy atom. The maximum Gasteiger partial charge on any atom is 0.321 e. The van der Waals surface area contributed by atoms with Crippen molar-refractivity contribution in [3.63, 3.8) is 0 Å². The molecule has 1 heterocycles. The number of amides is 2. The Kier molecular flexibility index (Phi) is 4.94. The minimum atomic E-state index is -0.855. The predicted octanol–water partition coefficient (Wildman–Crippen LogP) is 2.40. The van der Waals surface area contributed by atoms with Crippen LogP contribution in [-0.2, 0) is 17.6 Å². The second kappa shape index (κ2) is 6.69. The van der Waals surface area contributed by atoms with Crippen LogP contribution in [0.4, 0.5) is 9.93 Å². The normalized spacial score (nSPS) is 15.2. The number of hydrogen-bond donors (Lipinski definition) is 3. The number of rotatable bonds is 5. The molecule has 1 aromatic rings. The van der Waals surface area contributed by atoms with E-state index >= 15 is 0 Å². The number of nitrogens with zero attached hydrogens (tertiary/aromatic N) is 1. The lowest BCUT2D eigenvalue weighted by atomic mass is 10.0. The van der Waals surface area contributed by atoms with Crippen molar-refractivity contribution in [1.29, 1.82) is 0 Å². The van der Waals surface area contributed by atoms with E-state index in [1.807, 2.05) is 0 Å². The molecule has 0 radical (unpaired) electrons. The van der Waals surface area contributed by atoms with Gasteiger partial charge in [0.1, 0.15) is 0 Å². The summed E-state index contributed by atoms with van der Waals surface area (Å²) in [7, 11) is 0. The molecule has 2 rings (SSSR count). The molecule has 6 nitrogen and oxygen atoms in total. The van der Waals surface area contributed by atoms with Crippen molar-refractivity contribution >= 4 is 28.5 Å². The van der Waals surface area contributed by atoms with Crippen molar-refractivity contribution in [3.8, 4) is 0 Å². The van der Waals surface area contributed by atoms with Gasteiger partial charge in [0, 0.05) is 17.3 Å². The van der Waals surface area contributed by atoms with E-state index in [2.05, 4.69) is 15.6 Å². The van der Waals surface area contributed by atoms with Gasteiger partial charge in [0.05, 0.1) is 5.69 Å². The highest BCUT2D eigenvalue weighted by atomic mass is 32.1. The Hall–Kier alpha value is -1.63. The Morgan fingerprint density at radius 1 is 1.40 bits per heavy atom. The van der Waals surface area contributed by atoms with Crippen molar-refractivity contribution in [2.75, 3.05) is 5.32 Å². The number of urea groups is 1. The molecule has 0 fully saturated rings. The highest BCUT2D eigenvalue weighted by Gasteiger charge is 2.17. The number of carboxylic acids is 1. The molecule has 1 aliphatic rings. The van der Waals surface area contributed by atoms with Crippen LogP contribution < -0.4 is 10.6 Å². The maximum absolute atomic E-state index is 11.8. The monoisotopic (exact) mass is 297 g/mol. The van der Waals surface area contributed by atoms with E-state index in [0.29, 0.717) is 11.6 Å². The summed E-state index contributed by atoms with van der Waals surface area (Å²) >= 11 is 1.53. The zero-order valence-corrected chi connectivity index (χ0v) is 12.3. The van der Waals surface area contributed by atoms with Crippen molar-refractivity contribution in [1.82, 2.24) is 10.3 Å². The summed E-state index contributed by atoms with van der Waals surface area (Å²) in [4.78, 5) is 27.9. The van der Waals surface area contributed by atoms with Gasteiger partial charge in [0.25, 0.3) is 0 Å². The molecule has 0 bridgehead atoms. The largest absolute Gasteiger partial charge is 0.481 e. The van der Waals surface area contributed by atoms with Gasteiger partial charge in [0.2, 0.25) is 0 Å². The van der Waals surface area contributed by atoms with Gasteiger partial charge in [-0.1, -0.05) is 0 Å². The quantitative estimate of drug-likeness (QED) is 0.778. The number of anilines is 1. The average molecular weight is 297 g/mol. The Morgan fingerprint density at radius 2 is 2.15 bits per heavy atom. The van der Waals surface area contributed by atoms with Gasteiger partial charge >= 0.3 is 12.0 Å². The SMILES string of the molecule is CC(CCC(=O)O)NC(=O)Nc1nc2c(s1)CCCC2. The summed E-state index contributed by atoms with van der Waals surface area (Å²) in [6, 6.07) is -0.505. The van der Waals surface area contributed by atoms with Crippen molar-refractivity contribution in [2.45, 2.75) is 51.5 Å². The highest BCUT2D eigenvalue weighted by Crippen LogP contribution is 2.29. The van der Waals surface area contributed by atoms with Crippen LogP contribution in [0.15, 0.2) is 0 Å².